The van der Waals surface area contributed by atoms with E-state index in [0.717, 1.165) is 16.8 Å². The van der Waals surface area contributed by atoms with Crippen molar-refractivity contribution in [2.75, 3.05) is 19.0 Å². The first-order valence-electron chi connectivity index (χ1n) is 6.12. The monoisotopic (exact) mass is 255 g/mol. The summed E-state index contributed by atoms with van der Waals surface area (Å²) in [7, 11) is 3.89. The maximum Gasteiger partial charge on any atom is 0.315 e. The van der Waals surface area contributed by atoms with Gasteiger partial charge in [-0.3, -0.25) is 4.79 Å². The normalized spacial score (nSPS) is 18.2. The number of ether oxygens (including phenoxy) is 1. The molecule has 0 amide bonds. The predicted molar refractivity (Wildman–Crippen MR) is 78.3 cm³/mol. The summed E-state index contributed by atoms with van der Waals surface area (Å²) in [4.78, 5) is 13.7. The van der Waals surface area contributed by atoms with Crippen LogP contribution >= 0.6 is 0 Å². The summed E-state index contributed by atoms with van der Waals surface area (Å²) in [5.74, 6) is 0.289. The molecule has 0 radical (unpaired) electrons. The quantitative estimate of drug-likeness (QED) is 0.570. The van der Waals surface area contributed by atoms with E-state index in [0.29, 0.717) is 5.75 Å². The third-order valence-electron chi connectivity index (χ3n) is 2.88. The molecule has 1 aliphatic rings. The Hall–Kier alpha value is -2.29. The second kappa shape index (κ2) is 5.57. The summed E-state index contributed by atoms with van der Waals surface area (Å²) in [6.07, 6.45) is 7.65. The molecule has 98 valence electrons. The molecular formula is C16H17NO2. The summed E-state index contributed by atoms with van der Waals surface area (Å²) < 4.78 is 5.42. The Bertz CT molecular complexity index is 568. The van der Waals surface area contributed by atoms with Crippen LogP contribution in [0.25, 0.3) is 5.57 Å². The van der Waals surface area contributed by atoms with Crippen LogP contribution in [0.4, 0.5) is 5.69 Å². The Morgan fingerprint density at radius 1 is 1.26 bits per heavy atom. The van der Waals surface area contributed by atoms with E-state index >= 15 is 0 Å². The Morgan fingerprint density at radius 2 is 2.05 bits per heavy atom. The van der Waals surface area contributed by atoms with Crippen molar-refractivity contribution in [3.63, 3.8) is 0 Å². The maximum atomic E-state index is 11.7. The molecule has 0 unspecified atom stereocenters. The van der Waals surface area contributed by atoms with Crippen molar-refractivity contribution in [2.45, 2.75) is 6.42 Å². The highest BCUT2D eigenvalue weighted by molar-refractivity contribution is 5.82. The van der Waals surface area contributed by atoms with E-state index in [1.54, 1.807) is 6.08 Å². The Balaban J connectivity index is 2.48. The minimum atomic E-state index is -0.267. The van der Waals surface area contributed by atoms with Gasteiger partial charge in [-0.05, 0) is 17.7 Å². The molecule has 0 spiro atoms. The number of fused-ring (bicyclic) bond motifs is 1. The van der Waals surface area contributed by atoms with Gasteiger partial charge in [-0.15, -0.1) is 0 Å². The minimum absolute atomic E-state index is 0.266. The average molecular weight is 255 g/mol. The third kappa shape index (κ3) is 3.13. The van der Waals surface area contributed by atoms with Crippen LogP contribution in [-0.4, -0.2) is 20.1 Å². The molecule has 1 heterocycles. The van der Waals surface area contributed by atoms with Gasteiger partial charge < -0.3 is 9.64 Å². The van der Waals surface area contributed by atoms with Gasteiger partial charge in [0.15, 0.2) is 0 Å². The van der Waals surface area contributed by atoms with Gasteiger partial charge in [0.25, 0.3) is 0 Å². The van der Waals surface area contributed by atoms with Gasteiger partial charge in [0.1, 0.15) is 5.75 Å². The lowest BCUT2D eigenvalue weighted by atomic mass is 10.0. The van der Waals surface area contributed by atoms with Crippen molar-refractivity contribution >= 4 is 17.2 Å². The Labute approximate surface area is 113 Å². The summed E-state index contributed by atoms with van der Waals surface area (Å²) >= 11 is 0. The lowest BCUT2D eigenvalue weighted by molar-refractivity contribution is -0.133. The number of carbonyl (C=O) groups is 1. The molecule has 1 aromatic carbocycles. The van der Waals surface area contributed by atoms with Crippen molar-refractivity contribution in [1.29, 1.82) is 0 Å². The summed E-state index contributed by atoms with van der Waals surface area (Å²) in [5.41, 5.74) is 2.64. The molecule has 3 heteroatoms. The van der Waals surface area contributed by atoms with Gasteiger partial charge in [-0.1, -0.05) is 30.9 Å². The van der Waals surface area contributed by atoms with Gasteiger partial charge >= 0.3 is 5.97 Å². The predicted octanol–water partition coefficient (Wildman–Crippen LogP) is 3.19. The number of benzene rings is 1. The molecule has 1 aromatic rings. The van der Waals surface area contributed by atoms with E-state index in [1.807, 2.05) is 55.4 Å². The minimum Gasteiger partial charge on any atom is -0.426 e. The van der Waals surface area contributed by atoms with Gasteiger partial charge in [-0.25, -0.2) is 0 Å². The fourth-order valence-corrected chi connectivity index (χ4v) is 1.81. The van der Waals surface area contributed by atoms with Gasteiger partial charge in [0.05, 0.1) is 6.42 Å². The number of rotatable bonds is 1. The van der Waals surface area contributed by atoms with E-state index in [2.05, 4.69) is 6.58 Å². The smallest absolute Gasteiger partial charge is 0.315 e. The van der Waals surface area contributed by atoms with Crippen molar-refractivity contribution < 1.29 is 9.53 Å². The topological polar surface area (TPSA) is 29.5 Å². The Kier molecular flexibility index (Phi) is 3.85. The zero-order chi connectivity index (χ0) is 13.8. The van der Waals surface area contributed by atoms with E-state index in [9.17, 15) is 4.79 Å². The van der Waals surface area contributed by atoms with Crippen molar-refractivity contribution in [2.24, 2.45) is 0 Å². The molecule has 0 saturated carbocycles. The highest BCUT2D eigenvalue weighted by Gasteiger charge is 2.12. The molecule has 0 atom stereocenters. The molecule has 19 heavy (non-hydrogen) atoms. The lowest BCUT2D eigenvalue weighted by Crippen LogP contribution is -2.11. The SMILES string of the molecule is C=C1/C=C\C=C/CC(=O)Oc2cc(N(C)C)ccc21. The van der Waals surface area contributed by atoms with E-state index in [1.165, 1.54) is 0 Å². The van der Waals surface area contributed by atoms with Crippen LogP contribution in [0.5, 0.6) is 5.75 Å². The van der Waals surface area contributed by atoms with Crippen LogP contribution in [0, 0.1) is 0 Å². The van der Waals surface area contributed by atoms with Crippen LogP contribution in [-0.2, 0) is 4.79 Å². The van der Waals surface area contributed by atoms with Crippen LogP contribution in [0.3, 0.4) is 0 Å². The van der Waals surface area contributed by atoms with Crippen molar-refractivity contribution in [1.82, 2.24) is 0 Å². The standard InChI is InChI=1S/C16H17NO2/c1-12-7-5-4-6-8-16(18)19-15-11-13(17(2)3)9-10-14(12)15/h4-7,9-11H,1,8H2,2-3H3/b6-4-,7-5-. The third-order valence-corrected chi connectivity index (χ3v) is 2.88. The van der Waals surface area contributed by atoms with Crippen LogP contribution in [0.15, 0.2) is 49.1 Å². The van der Waals surface area contributed by atoms with E-state index < -0.39 is 0 Å². The maximum absolute atomic E-state index is 11.7. The molecule has 0 N–H and O–H groups in total. The summed E-state index contributed by atoms with van der Waals surface area (Å²) in [5, 5.41) is 0. The van der Waals surface area contributed by atoms with Crippen LogP contribution in [0.1, 0.15) is 12.0 Å². The molecular weight excluding hydrogens is 238 g/mol. The molecule has 2 rings (SSSR count). The highest BCUT2D eigenvalue weighted by atomic mass is 16.5. The number of esters is 1. The van der Waals surface area contributed by atoms with Crippen molar-refractivity contribution in [3.05, 3.63) is 54.6 Å². The fraction of sp³-hybridized carbons (Fsp3) is 0.188. The lowest BCUT2D eigenvalue weighted by Gasteiger charge is -2.17. The second-order valence-corrected chi connectivity index (χ2v) is 4.57. The first kappa shape index (κ1) is 13.1. The number of hydrogen-bond acceptors (Lipinski definition) is 3. The number of allylic oxidation sites excluding steroid dienone is 4. The molecule has 0 saturated heterocycles. The molecule has 0 fully saturated rings. The Morgan fingerprint density at radius 3 is 2.79 bits per heavy atom. The molecule has 0 bridgehead atoms. The van der Waals surface area contributed by atoms with Crippen LogP contribution in [0.2, 0.25) is 0 Å². The van der Waals surface area contributed by atoms with Gasteiger partial charge in [0, 0.05) is 31.4 Å². The molecule has 0 aromatic heterocycles. The molecule has 1 aliphatic heterocycles. The van der Waals surface area contributed by atoms with Gasteiger partial charge in [0.2, 0.25) is 0 Å². The van der Waals surface area contributed by atoms with Crippen molar-refractivity contribution in [3.8, 4) is 5.75 Å². The number of nitrogens with zero attached hydrogens (tertiary/aromatic N) is 1. The first-order chi connectivity index (χ1) is 9.08. The van der Waals surface area contributed by atoms with E-state index in [-0.39, 0.29) is 12.4 Å². The average Bonchev–Trinajstić information content (AvgIpc) is 2.37. The fourth-order valence-electron chi connectivity index (χ4n) is 1.81. The summed E-state index contributed by atoms with van der Waals surface area (Å²) in [6, 6.07) is 5.76. The number of carbonyl (C=O) groups excluding carboxylic acids is 1. The zero-order valence-electron chi connectivity index (χ0n) is 11.2. The second-order valence-electron chi connectivity index (χ2n) is 4.57. The molecule has 0 aliphatic carbocycles. The first-order valence-corrected chi connectivity index (χ1v) is 6.12. The van der Waals surface area contributed by atoms with E-state index in [4.69, 9.17) is 4.74 Å². The summed E-state index contributed by atoms with van der Waals surface area (Å²) in [6.45, 7) is 4.00. The van der Waals surface area contributed by atoms with Crippen LogP contribution < -0.4 is 9.64 Å². The largest absolute Gasteiger partial charge is 0.426 e. The zero-order valence-corrected chi connectivity index (χ0v) is 11.2. The van der Waals surface area contributed by atoms with Gasteiger partial charge in [-0.2, -0.15) is 0 Å². The molecule has 3 nitrogen and oxygen atoms in total. The number of hydrogen-bond donors (Lipinski definition) is 0. The number of anilines is 1. The highest BCUT2D eigenvalue weighted by Crippen LogP contribution is 2.31.